The molecule has 4 saturated carbocycles. The van der Waals surface area contributed by atoms with Gasteiger partial charge in [0.15, 0.2) is 0 Å². The van der Waals surface area contributed by atoms with Gasteiger partial charge in [-0.25, -0.2) is 5.01 Å². The second-order valence-corrected chi connectivity index (χ2v) is 8.45. The van der Waals surface area contributed by atoms with E-state index < -0.39 is 5.91 Å². The van der Waals surface area contributed by atoms with E-state index in [-0.39, 0.29) is 17.9 Å². The standard InChI is InChI=1S/C22H25N2O3/c25-9-8-24(20(26)7-6-16-4-2-1-3-5-16)23-21(27)22-13-17-10-18(14-22)12-19(11-17)15-22/h1-7,17-19H,8,10-15H2,(H,23,27). The van der Waals surface area contributed by atoms with Crippen LogP contribution in [-0.2, 0) is 14.4 Å². The Morgan fingerprint density at radius 1 is 1.07 bits per heavy atom. The Morgan fingerprint density at radius 2 is 1.67 bits per heavy atom. The van der Waals surface area contributed by atoms with Gasteiger partial charge in [-0.05, 0) is 67.9 Å². The molecule has 0 atom stereocenters. The van der Waals surface area contributed by atoms with Crippen molar-refractivity contribution < 1.29 is 14.4 Å². The molecule has 1 aromatic rings. The Morgan fingerprint density at radius 3 is 2.22 bits per heavy atom. The van der Waals surface area contributed by atoms with Crippen LogP contribution in [0.3, 0.4) is 0 Å². The minimum absolute atomic E-state index is 0.0988. The molecule has 0 aliphatic heterocycles. The molecule has 5 nitrogen and oxygen atoms in total. The van der Waals surface area contributed by atoms with Crippen LogP contribution in [0.15, 0.2) is 36.4 Å². The number of carbonyl (C=O) groups excluding carboxylic acids is 3. The SMILES string of the molecule is O=[C]CN(NC(=O)C12CC3CC(CC(C3)C1)C2)C(=O)C=Cc1ccccc1. The van der Waals surface area contributed by atoms with Crippen LogP contribution >= 0.6 is 0 Å². The lowest BCUT2D eigenvalue weighted by molar-refractivity contribution is -0.154. The van der Waals surface area contributed by atoms with E-state index in [0.717, 1.165) is 29.8 Å². The van der Waals surface area contributed by atoms with Gasteiger partial charge in [-0.1, -0.05) is 30.3 Å². The molecule has 0 saturated heterocycles. The summed E-state index contributed by atoms with van der Waals surface area (Å²) in [5, 5.41) is 1.09. The molecule has 27 heavy (non-hydrogen) atoms. The molecule has 2 amide bonds. The maximum atomic E-state index is 13.1. The molecule has 4 aliphatic carbocycles. The fourth-order valence-corrected chi connectivity index (χ4v) is 5.69. The topological polar surface area (TPSA) is 66.5 Å². The van der Waals surface area contributed by atoms with Gasteiger partial charge in [0.25, 0.3) is 5.91 Å². The highest BCUT2D eigenvalue weighted by Gasteiger charge is 2.54. The Labute approximate surface area is 159 Å². The first-order valence-corrected chi connectivity index (χ1v) is 9.79. The van der Waals surface area contributed by atoms with Crippen molar-refractivity contribution in [1.82, 2.24) is 10.4 Å². The highest BCUT2D eigenvalue weighted by Crippen LogP contribution is 2.60. The maximum absolute atomic E-state index is 13.1. The van der Waals surface area contributed by atoms with Gasteiger partial charge in [0.1, 0.15) is 6.54 Å². The zero-order valence-corrected chi connectivity index (χ0v) is 15.4. The second-order valence-electron chi connectivity index (χ2n) is 8.45. The number of hydrazine groups is 1. The van der Waals surface area contributed by atoms with Crippen molar-refractivity contribution in [3.8, 4) is 0 Å². The summed E-state index contributed by atoms with van der Waals surface area (Å²) >= 11 is 0. The first-order valence-electron chi connectivity index (χ1n) is 9.79. The summed E-state index contributed by atoms with van der Waals surface area (Å²) in [6, 6.07) is 9.44. The quantitative estimate of drug-likeness (QED) is 0.644. The van der Waals surface area contributed by atoms with Crippen molar-refractivity contribution in [3.05, 3.63) is 42.0 Å². The van der Waals surface area contributed by atoms with Crippen LogP contribution in [0.2, 0.25) is 0 Å². The van der Waals surface area contributed by atoms with Gasteiger partial charge in [-0.3, -0.25) is 19.8 Å². The van der Waals surface area contributed by atoms with E-state index in [1.54, 1.807) is 12.4 Å². The van der Waals surface area contributed by atoms with Crippen LogP contribution < -0.4 is 5.43 Å². The fraction of sp³-hybridized carbons (Fsp3) is 0.500. The van der Waals surface area contributed by atoms with Crippen molar-refractivity contribution in [2.24, 2.45) is 23.2 Å². The van der Waals surface area contributed by atoms with Crippen molar-refractivity contribution >= 4 is 24.2 Å². The summed E-state index contributed by atoms with van der Waals surface area (Å²) in [5.74, 6) is 1.41. The zero-order valence-electron chi connectivity index (χ0n) is 15.4. The Bertz CT molecular complexity index is 721. The van der Waals surface area contributed by atoms with Crippen LogP contribution in [0.1, 0.15) is 44.1 Å². The number of hydrogen-bond donors (Lipinski definition) is 1. The van der Waals surface area contributed by atoms with Crippen LogP contribution in [0.4, 0.5) is 0 Å². The Kier molecular flexibility index (Phi) is 4.85. The van der Waals surface area contributed by atoms with Crippen molar-refractivity contribution in [2.45, 2.75) is 38.5 Å². The first kappa shape index (κ1) is 18.0. The summed E-state index contributed by atoms with van der Waals surface area (Å²) < 4.78 is 0. The third-order valence-electron chi connectivity index (χ3n) is 6.46. The molecular formula is C22H25N2O3. The number of amides is 2. The minimum atomic E-state index is -0.416. The number of carbonyl (C=O) groups is 2. The number of rotatable bonds is 5. The molecule has 0 aromatic heterocycles. The molecule has 5 rings (SSSR count). The number of nitrogens with zero attached hydrogens (tertiary/aromatic N) is 1. The van der Waals surface area contributed by atoms with Crippen LogP contribution in [0.25, 0.3) is 6.08 Å². The maximum Gasteiger partial charge on any atom is 0.265 e. The van der Waals surface area contributed by atoms with Gasteiger partial charge in [0.05, 0.1) is 5.41 Å². The molecule has 1 N–H and O–H groups in total. The number of hydrogen-bond acceptors (Lipinski definition) is 3. The Balaban J connectivity index is 1.45. The summed E-state index contributed by atoms with van der Waals surface area (Å²) in [5.41, 5.74) is 3.26. The normalized spacial score (nSPS) is 31.0. The van der Waals surface area contributed by atoms with Crippen LogP contribution in [-0.4, -0.2) is 29.7 Å². The third-order valence-corrected chi connectivity index (χ3v) is 6.46. The molecule has 5 heteroatoms. The van der Waals surface area contributed by atoms with Gasteiger partial charge in [-0.15, -0.1) is 0 Å². The Hall–Kier alpha value is -2.43. The zero-order chi connectivity index (χ0) is 18.9. The summed E-state index contributed by atoms with van der Waals surface area (Å²) in [6.07, 6.45) is 11.3. The monoisotopic (exact) mass is 365 g/mol. The smallest absolute Gasteiger partial charge is 0.265 e. The predicted molar refractivity (Wildman–Crippen MR) is 102 cm³/mol. The summed E-state index contributed by atoms with van der Waals surface area (Å²) in [4.78, 5) is 36.5. The molecule has 0 heterocycles. The number of benzene rings is 1. The molecule has 0 spiro atoms. The minimum Gasteiger partial charge on any atom is -0.289 e. The van der Waals surface area contributed by atoms with Gasteiger partial charge < -0.3 is 0 Å². The van der Waals surface area contributed by atoms with E-state index in [2.05, 4.69) is 5.43 Å². The second kappa shape index (κ2) is 7.29. The molecule has 1 radical (unpaired) electrons. The van der Waals surface area contributed by atoms with Gasteiger partial charge in [-0.2, -0.15) is 0 Å². The van der Waals surface area contributed by atoms with E-state index in [0.29, 0.717) is 17.8 Å². The fourth-order valence-electron chi connectivity index (χ4n) is 5.69. The van der Waals surface area contributed by atoms with Crippen molar-refractivity contribution in [2.75, 3.05) is 6.54 Å². The van der Waals surface area contributed by atoms with Crippen LogP contribution in [0, 0.1) is 23.2 Å². The van der Waals surface area contributed by atoms with E-state index in [9.17, 15) is 14.4 Å². The van der Waals surface area contributed by atoms with Gasteiger partial charge >= 0.3 is 0 Å². The van der Waals surface area contributed by atoms with Crippen molar-refractivity contribution in [3.63, 3.8) is 0 Å². The molecule has 141 valence electrons. The first-order chi connectivity index (χ1) is 13.1. The highest BCUT2D eigenvalue weighted by atomic mass is 16.2. The molecule has 4 fully saturated rings. The average molecular weight is 365 g/mol. The van der Waals surface area contributed by atoms with E-state index in [4.69, 9.17) is 0 Å². The molecular weight excluding hydrogens is 340 g/mol. The van der Waals surface area contributed by atoms with E-state index in [1.807, 2.05) is 30.3 Å². The molecule has 4 aliphatic rings. The highest BCUT2D eigenvalue weighted by molar-refractivity contribution is 5.95. The van der Waals surface area contributed by atoms with Crippen LogP contribution in [0.5, 0.6) is 0 Å². The molecule has 0 unspecified atom stereocenters. The van der Waals surface area contributed by atoms with Crippen molar-refractivity contribution in [1.29, 1.82) is 0 Å². The summed E-state index contributed by atoms with van der Waals surface area (Å²) in [6.45, 7) is -0.268. The third kappa shape index (κ3) is 3.68. The van der Waals surface area contributed by atoms with E-state index >= 15 is 0 Å². The summed E-state index contributed by atoms with van der Waals surface area (Å²) in [7, 11) is 0. The predicted octanol–water partition coefficient (Wildman–Crippen LogP) is 2.89. The van der Waals surface area contributed by atoms with E-state index in [1.165, 1.54) is 25.3 Å². The lowest BCUT2D eigenvalue weighted by Gasteiger charge is -2.55. The molecule has 1 aromatic carbocycles. The molecule has 4 bridgehead atoms. The number of nitrogens with one attached hydrogen (secondary N) is 1. The van der Waals surface area contributed by atoms with Gasteiger partial charge in [0, 0.05) is 6.08 Å². The average Bonchev–Trinajstić information content (AvgIpc) is 2.65. The lowest BCUT2D eigenvalue weighted by Crippen LogP contribution is -2.57. The van der Waals surface area contributed by atoms with Gasteiger partial charge in [0.2, 0.25) is 12.2 Å². The lowest BCUT2D eigenvalue weighted by atomic mass is 9.49. The largest absolute Gasteiger partial charge is 0.289 e.